The van der Waals surface area contributed by atoms with Gasteiger partial charge < -0.3 is 9.63 Å². The van der Waals surface area contributed by atoms with Crippen molar-refractivity contribution in [3.05, 3.63) is 0 Å². The molecule has 9 heavy (non-hydrogen) atoms. The number of carbonyl (C=O) groups is 1. The number of esters is 1. The summed E-state index contributed by atoms with van der Waals surface area (Å²) in [7, 11) is -2.47. The van der Waals surface area contributed by atoms with Gasteiger partial charge in [-0.2, -0.15) is 0 Å². The van der Waals surface area contributed by atoms with Crippen LogP contribution in [0.15, 0.2) is 0 Å². The topological polar surface area (TPSA) is 66.4 Å². The van der Waals surface area contributed by atoms with Crippen molar-refractivity contribution < 1.29 is 19.0 Å². The maximum absolute atomic E-state index is 10.3. The molecule has 1 aliphatic heterocycles. The van der Waals surface area contributed by atoms with Crippen molar-refractivity contribution in [1.29, 1.82) is 0 Å². The summed E-state index contributed by atoms with van der Waals surface area (Å²) in [5.41, 5.74) is -0.576. The molecule has 0 bridgehead atoms. The van der Waals surface area contributed by atoms with Crippen LogP contribution in [-0.2, 0) is 14.1 Å². The Morgan fingerprint density at radius 2 is 2.44 bits per heavy atom. The first kappa shape index (κ1) is 6.65. The lowest BCUT2D eigenvalue weighted by atomic mass is 10.4. The van der Waals surface area contributed by atoms with Gasteiger partial charge in [0.2, 0.25) is 0 Å². The molecule has 0 amide bonds. The van der Waals surface area contributed by atoms with Gasteiger partial charge in [0.1, 0.15) is 6.61 Å². The molecule has 1 aliphatic rings. The van der Waals surface area contributed by atoms with Crippen molar-refractivity contribution in [2.24, 2.45) is 0 Å². The summed E-state index contributed by atoms with van der Waals surface area (Å²) in [5, 5.41) is 0. The number of carbonyl (C=O) groups excluding carboxylic acids is 1. The minimum absolute atomic E-state index is 0.0265. The molecular formula is C4H5O4P. The highest BCUT2D eigenvalue weighted by Crippen LogP contribution is 2.25. The van der Waals surface area contributed by atoms with Crippen LogP contribution in [-0.4, -0.2) is 18.2 Å². The van der Waals surface area contributed by atoms with E-state index in [1.165, 1.54) is 0 Å². The van der Waals surface area contributed by atoms with Crippen molar-refractivity contribution in [2.75, 3.05) is 6.61 Å². The first-order chi connectivity index (χ1) is 4.20. The molecule has 0 radical (unpaired) electrons. The zero-order valence-electron chi connectivity index (χ0n) is 4.57. The van der Waals surface area contributed by atoms with Crippen LogP contribution in [0.2, 0.25) is 0 Å². The zero-order valence-corrected chi connectivity index (χ0v) is 5.47. The Labute approximate surface area is 52.7 Å². The lowest BCUT2D eigenvalue weighted by Gasteiger charge is -1.90. The summed E-state index contributed by atoms with van der Waals surface area (Å²) < 4.78 is 14.6. The standard InChI is InChI=1S/C4H5O4P/c5-4-1-3(2-8-4)9(6)7/h3H,1-2H2. The number of cyclic esters (lactones) is 1. The molecule has 0 aromatic carbocycles. The molecule has 4 nitrogen and oxygen atoms in total. The maximum atomic E-state index is 10.3. The summed E-state index contributed by atoms with van der Waals surface area (Å²) in [6, 6.07) is 0. The first-order valence-corrected chi connectivity index (χ1v) is 3.74. The fourth-order valence-electron chi connectivity index (χ4n) is 0.635. The fourth-order valence-corrected chi connectivity index (χ4v) is 1.13. The highest BCUT2D eigenvalue weighted by atomic mass is 31.1. The average Bonchev–Trinajstić information content (AvgIpc) is 2.14. The number of ether oxygens (including phenoxy) is 1. The van der Waals surface area contributed by atoms with Crippen LogP contribution in [0, 0.1) is 0 Å². The molecule has 1 fully saturated rings. The summed E-state index contributed by atoms with van der Waals surface area (Å²) in [6.45, 7) is 0.0392. The van der Waals surface area contributed by atoms with E-state index in [1.54, 1.807) is 0 Å². The second kappa shape index (κ2) is 2.42. The van der Waals surface area contributed by atoms with Crippen LogP contribution >= 0.6 is 8.03 Å². The van der Waals surface area contributed by atoms with Crippen LogP contribution in [0.25, 0.3) is 0 Å². The van der Waals surface area contributed by atoms with E-state index in [1.807, 2.05) is 0 Å². The number of hydrogen-bond acceptors (Lipinski definition) is 4. The van der Waals surface area contributed by atoms with E-state index in [9.17, 15) is 14.3 Å². The van der Waals surface area contributed by atoms with Gasteiger partial charge in [0, 0.05) is 0 Å². The third kappa shape index (κ3) is 1.47. The van der Waals surface area contributed by atoms with Gasteiger partial charge in [-0.05, 0) is 0 Å². The second-order valence-corrected chi connectivity index (χ2v) is 3.13. The molecule has 5 heteroatoms. The van der Waals surface area contributed by atoms with Crippen molar-refractivity contribution in [1.82, 2.24) is 0 Å². The SMILES string of the molecule is O=C1CC([P+](=O)[O-])CO1. The van der Waals surface area contributed by atoms with E-state index in [0.29, 0.717) is 0 Å². The van der Waals surface area contributed by atoms with Crippen molar-refractivity contribution in [3.8, 4) is 0 Å². The largest absolute Gasteiger partial charge is 0.595 e. The summed E-state index contributed by atoms with van der Waals surface area (Å²) in [4.78, 5) is 20.4. The molecule has 2 atom stereocenters. The molecule has 1 heterocycles. The Morgan fingerprint density at radius 3 is 2.67 bits per heavy atom. The third-order valence-corrected chi connectivity index (χ3v) is 2.07. The van der Waals surface area contributed by atoms with Gasteiger partial charge in [0.25, 0.3) is 0 Å². The van der Waals surface area contributed by atoms with E-state index >= 15 is 0 Å². The second-order valence-electron chi connectivity index (χ2n) is 1.83. The van der Waals surface area contributed by atoms with Gasteiger partial charge in [-0.15, -0.1) is 0 Å². The quantitative estimate of drug-likeness (QED) is 0.368. The Kier molecular flexibility index (Phi) is 1.78. The van der Waals surface area contributed by atoms with E-state index in [4.69, 9.17) is 0 Å². The molecule has 2 unspecified atom stereocenters. The van der Waals surface area contributed by atoms with Crippen LogP contribution in [0.4, 0.5) is 0 Å². The molecule has 0 saturated carbocycles. The minimum atomic E-state index is -2.47. The Hall–Kier alpha value is -0.470. The number of rotatable bonds is 1. The minimum Gasteiger partial charge on any atom is -0.595 e. The van der Waals surface area contributed by atoms with Crippen molar-refractivity contribution in [3.63, 3.8) is 0 Å². The van der Waals surface area contributed by atoms with Crippen molar-refractivity contribution in [2.45, 2.75) is 12.1 Å². The predicted molar refractivity (Wildman–Crippen MR) is 27.0 cm³/mol. The lowest BCUT2D eigenvalue weighted by Crippen LogP contribution is -2.06. The molecule has 0 aromatic rings. The zero-order chi connectivity index (χ0) is 6.85. The normalized spacial score (nSPS) is 27.9. The highest BCUT2D eigenvalue weighted by molar-refractivity contribution is 7.37. The van der Waals surface area contributed by atoms with Crippen molar-refractivity contribution >= 4 is 14.0 Å². The molecule has 1 rings (SSSR count). The Balaban J connectivity index is 2.48. The molecule has 0 aromatic heterocycles. The molecule has 0 spiro atoms. The van der Waals surface area contributed by atoms with E-state index in [2.05, 4.69) is 4.74 Å². The smallest absolute Gasteiger partial charge is 0.316 e. The summed E-state index contributed by atoms with van der Waals surface area (Å²) in [5.74, 6) is -0.417. The monoisotopic (exact) mass is 148 g/mol. The van der Waals surface area contributed by atoms with Crippen LogP contribution in [0.3, 0.4) is 0 Å². The van der Waals surface area contributed by atoms with Crippen LogP contribution < -0.4 is 4.89 Å². The third-order valence-electron chi connectivity index (χ3n) is 1.14. The van der Waals surface area contributed by atoms with Crippen LogP contribution in [0.5, 0.6) is 0 Å². The van der Waals surface area contributed by atoms with E-state index in [-0.39, 0.29) is 13.0 Å². The highest BCUT2D eigenvalue weighted by Gasteiger charge is 2.33. The maximum Gasteiger partial charge on any atom is 0.316 e. The Bertz CT molecular complexity index is 155. The predicted octanol–water partition coefficient (Wildman–Crippen LogP) is -0.595. The van der Waals surface area contributed by atoms with Gasteiger partial charge in [-0.3, -0.25) is 4.79 Å². The van der Waals surface area contributed by atoms with E-state index < -0.39 is 19.7 Å². The van der Waals surface area contributed by atoms with Gasteiger partial charge >= 0.3 is 14.0 Å². The summed E-state index contributed by atoms with van der Waals surface area (Å²) >= 11 is 0. The molecule has 0 N–H and O–H groups in total. The Morgan fingerprint density at radius 1 is 1.78 bits per heavy atom. The lowest BCUT2D eigenvalue weighted by molar-refractivity contribution is -0.166. The van der Waals surface area contributed by atoms with Gasteiger partial charge in [-0.25, -0.2) is 0 Å². The first-order valence-electron chi connectivity index (χ1n) is 2.49. The average molecular weight is 148 g/mol. The molecule has 50 valence electrons. The van der Waals surface area contributed by atoms with Gasteiger partial charge in [0.05, 0.1) is 6.42 Å². The molecule has 0 aliphatic carbocycles. The summed E-state index contributed by atoms with van der Waals surface area (Å²) in [6.07, 6.45) is 0.0265. The fraction of sp³-hybridized carbons (Fsp3) is 0.750. The van der Waals surface area contributed by atoms with Gasteiger partial charge in [-0.1, -0.05) is 4.57 Å². The number of hydrogen-bond donors (Lipinski definition) is 0. The molecular weight excluding hydrogens is 143 g/mol. The van der Waals surface area contributed by atoms with Crippen LogP contribution in [0.1, 0.15) is 6.42 Å². The van der Waals surface area contributed by atoms with E-state index in [0.717, 1.165) is 0 Å². The molecule has 1 saturated heterocycles. The van der Waals surface area contributed by atoms with Gasteiger partial charge in [0.15, 0.2) is 5.66 Å².